The summed E-state index contributed by atoms with van der Waals surface area (Å²) in [4.78, 5) is 35.1. The minimum absolute atomic E-state index is 0.164. The molecule has 5 rings (SSSR count). The predicted molar refractivity (Wildman–Crippen MR) is 109 cm³/mol. The summed E-state index contributed by atoms with van der Waals surface area (Å²) in [6.07, 6.45) is 6.91. The third-order valence-corrected chi connectivity index (χ3v) is 6.80. The van der Waals surface area contributed by atoms with Crippen molar-refractivity contribution in [2.45, 2.75) is 37.9 Å². The Bertz CT molecular complexity index is 1050. The van der Waals surface area contributed by atoms with Gasteiger partial charge in [-0.05, 0) is 29.5 Å². The zero-order valence-corrected chi connectivity index (χ0v) is 16.4. The summed E-state index contributed by atoms with van der Waals surface area (Å²) in [5, 5.41) is 6.34. The summed E-state index contributed by atoms with van der Waals surface area (Å²) in [5.74, 6) is -0.362. The highest BCUT2D eigenvalue weighted by Gasteiger charge is 2.66. The molecule has 2 saturated heterocycles. The minimum atomic E-state index is -0.536. The first-order valence-electron chi connectivity index (χ1n) is 9.72. The summed E-state index contributed by atoms with van der Waals surface area (Å²) < 4.78 is 0. The van der Waals surface area contributed by atoms with Gasteiger partial charge in [-0.2, -0.15) is 0 Å². The average molecular weight is 389 g/mol. The zero-order valence-electron chi connectivity index (χ0n) is 16.4. The number of anilines is 1. The van der Waals surface area contributed by atoms with Crippen molar-refractivity contribution in [3.63, 3.8) is 0 Å². The largest absolute Gasteiger partial charge is 0.364 e. The Morgan fingerprint density at radius 3 is 2.83 bits per heavy atom. The van der Waals surface area contributed by atoms with Crippen LogP contribution in [0.25, 0.3) is 6.08 Å². The van der Waals surface area contributed by atoms with Gasteiger partial charge < -0.3 is 20.5 Å². The maximum Gasteiger partial charge on any atom is 0.272 e. The van der Waals surface area contributed by atoms with E-state index < -0.39 is 11.5 Å². The summed E-state index contributed by atoms with van der Waals surface area (Å²) in [6.45, 7) is 8.32. The predicted octanol–water partition coefficient (Wildman–Crippen LogP) is 2.38. The lowest BCUT2D eigenvalue weighted by molar-refractivity contribution is -0.141. The van der Waals surface area contributed by atoms with Gasteiger partial charge in [0.25, 0.3) is 5.91 Å². The molecule has 0 unspecified atom stereocenters. The molecule has 0 spiro atoms. The van der Waals surface area contributed by atoms with Crippen LogP contribution in [0, 0.1) is 5.41 Å². The lowest BCUT2D eigenvalue weighted by atomic mass is 9.60. The number of nitrogens with zero attached hydrogens (tertiary/aromatic N) is 2. The lowest BCUT2D eigenvalue weighted by Crippen LogP contribution is -2.59. The normalized spacial score (nSPS) is 29.2. The van der Waals surface area contributed by atoms with Crippen molar-refractivity contribution in [2.24, 2.45) is 5.41 Å². The molecule has 29 heavy (non-hydrogen) atoms. The van der Waals surface area contributed by atoms with E-state index in [0.29, 0.717) is 12.1 Å². The van der Waals surface area contributed by atoms with E-state index >= 15 is 0 Å². The number of fused-ring (bicyclic) bond motifs is 5. The maximum atomic E-state index is 13.5. The van der Waals surface area contributed by atoms with Crippen molar-refractivity contribution in [3.8, 4) is 0 Å². The molecule has 0 radical (unpaired) electrons. The Morgan fingerprint density at radius 2 is 2.10 bits per heavy atom. The van der Waals surface area contributed by atoms with E-state index in [2.05, 4.69) is 47.1 Å². The molecule has 3 aliphatic heterocycles. The van der Waals surface area contributed by atoms with Crippen LogP contribution in [0.15, 0.2) is 55.1 Å². The van der Waals surface area contributed by atoms with Gasteiger partial charge in [0.1, 0.15) is 17.9 Å². The molecule has 7 nitrogen and oxygen atoms in total. The second-order valence-corrected chi connectivity index (χ2v) is 8.48. The molecule has 2 fully saturated rings. The number of nitrogens with one attached hydrogen (secondary N) is 3. The fourth-order valence-corrected chi connectivity index (χ4v) is 5.16. The van der Waals surface area contributed by atoms with Crippen molar-refractivity contribution < 1.29 is 9.59 Å². The van der Waals surface area contributed by atoms with Gasteiger partial charge >= 0.3 is 0 Å². The highest BCUT2D eigenvalue weighted by molar-refractivity contribution is 6.08. The number of para-hydroxylation sites is 1. The molecule has 3 aliphatic rings. The number of hydrogen-bond acceptors (Lipinski definition) is 4. The van der Waals surface area contributed by atoms with Crippen LogP contribution >= 0.6 is 0 Å². The fraction of sp³-hybridized carbons (Fsp3) is 0.318. The van der Waals surface area contributed by atoms with Gasteiger partial charge in [0.2, 0.25) is 5.91 Å². The Hall–Kier alpha value is -3.35. The molecule has 7 heteroatoms. The second kappa shape index (κ2) is 5.83. The molecule has 0 saturated carbocycles. The first kappa shape index (κ1) is 17.7. The van der Waals surface area contributed by atoms with Crippen LogP contribution in [0.4, 0.5) is 5.69 Å². The van der Waals surface area contributed by atoms with E-state index in [4.69, 9.17) is 0 Å². The molecule has 0 aliphatic carbocycles. The number of allylic oxidation sites excluding steroid dienone is 1. The van der Waals surface area contributed by atoms with Crippen LogP contribution in [0.1, 0.15) is 31.5 Å². The number of aromatic nitrogens is 2. The first-order chi connectivity index (χ1) is 13.9. The Morgan fingerprint density at radius 1 is 1.31 bits per heavy atom. The van der Waals surface area contributed by atoms with Crippen LogP contribution in [0.5, 0.6) is 0 Å². The van der Waals surface area contributed by atoms with Crippen molar-refractivity contribution in [1.82, 2.24) is 20.2 Å². The van der Waals surface area contributed by atoms with E-state index in [0.717, 1.165) is 11.3 Å². The quantitative estimate of drug-likeness (QED) is 0.555. The van der Waals surface area contributed by atoms with Gasteiger partial charge in [-0.15, -0.1) is 6.58 Å². The van der Waals surface area contributed by atoms with E-state index in [1.807, 2.05) is 24.3 Å². The number of imidazole rings is 1. The second-order valence-electron chi connectivity index (χ2n) is 8.48. The molecule has 2 aromatic rings. The number of H-pyrrole nitrogens is 1. The van der Waals surface area contributed by atoms with E-state index in [-0.39, 0.29) is 29.1 Å². The van der Waals surface area contributed by atoms with Crippen LogP contribution in [0.3, 0.4) is 0 Å². The third kappa shape index (κ3) is 2.21. The first-order valence-corrected chi connectivity index (χ1v) is 9.72. The molecule has 3 N–H and O–H groups in total. The number of hydrogen-bond donors (Lipinski definition) is 3. The molecule has 1 aromatic carbocycles. The number of carbonyl (C=O) groups excluding carboxylic acids is 2. The molecule has 3 atom stereocenters. The fourth-order valence-electron chi connectivity index (χ4n) is 5.16. The van der Waals surface area contributed by atoms with Crippen molar-refractivity contribution >= 4 is 23.6 Å². The van der Waals surface area contributed by atoms with Gasteiger partial charge in [0, 0.05) is 11.1 Å². The number of aromatic amines is 1. The smallest absolute Gasteiger partial charge is 0.272 e. The molecule has 4 heterocycles. The topological polar surface area (TPSA) is 90.1 Å². The average Bonchev–Trinajstić information content (AvgIpc) is 3.40. The van der Waals surface area contributed by atoms with Gasteiger partial charge in [0.05, 0.1) is 18.2 Å². The SMILES string of the molecule is C=CC(C)(C)[C@@]12C[C@H]3C(=O)NC(=Cc4cnc[nH]4)C(=O)N3[C@@H]1Nc1ccccc12. The summed E-state index contributed by atoms with van der Waals surface area (Å²) in [7, 11) is 0. The molecule has 2 amide bonds. The Labute approximate surface area is 168 Å². The monoisotopic (exact) mass is 389 g/mol. The molecule has 148 valence electrons. The van der Waals surface area contributed by atoms with Crippen LogP contribution in [-0.4, -0.2) is 38.9 Å². The Balaban J connectivity index is 1.65. The minimum Gasteiger partial charge on any atom is -0.364 e. The van der Waals surface area contributed by atoms with Gasteiger partial charge in [-0.25, -0.2) is 4.98 Å². The molecular weight excluding hydrogens is 366 g/mol. The van der Waals surface area contributed by atoms with Crippen molar-refractivity contribution in [1.29, 1.82) is 0 Å². The van der Waals surface area contributed by atoms with E-state index in [1.54, 1.807) is 17.2 Å². The van der Waals surface area contributed by atoms with Crippen LogP contribution < -0.4 is 10.6 Å². The zero-order chi connectivity index (χ0) is 20.4. The Kier molecular flexibility index (Phi) is 3.56. The van der Waals surface area contributed by atoms with E-state index in [1.165, 1.54) is 6.33 Å². The van der Waals surface area contributed by atoms with Crippen molar-refractivity contribution in [3.05, 3.63) is 66.4 Å². The standard InChI is InChI=1S/C22H23N5O2/c1-4-21(2,3)22-10-17-18(28)25-16(9-13-11-23-12-24-13)19(29)27(17)20(22)26-15-8-6-5-7-14(15)22/h4-9,11-12,17,20,26H,1,10H2,2-3H3,(H,23,24)(H,25,28)/t17-,20-,22+/m0/s1. The van der Waals surface area contributed by atoms with Crippen LogP contribution in [0.2, 0.25) is 0 Å². The summed E-state index contributed by atoms with van der Waals surface area (Å²) >= 11 is 0. The van der Waals surface area contributed by atoms with Gasteiger partial charge in [-0.1, -0.05) is 38.1 Å². The number of rotatable bonds is 3. The van der Waals surface area contributed by atoms with E-state index in [9.17, 15) is 9.59 Å². The van der Waals surface area contributed by atoms with Gasteiger partial charge in [0.15, 0.2) is 0 Å². The molecular formula is C22H23N5O2. The van der Waals surface area contributed by atoms with Crippen molar-refractivity contribution in [2.75, 3.05) is 5.32 Å². The van der Waals surface area contributed by atoms with Gasteiger partial charge in [-0.3, -0.25) is 9.59 Å². The summed E-state index contributed by atoms with van der Waals surface area (Å²) in [5.41, 5.74) is 2.24. The maximum absolute atomic E-state index is 13.5. The molecule has 0 bridgehead atoms. The number of benzene rings is 1. The van der Waals surface area contributed by atoms with Crippen LogP contribution in [-0.2, 0) is 15.0 Å². The lowest BCUT2D eigenvalue weighted by Gasteiger charge is -2.43. The highest BCUT2D eigenvalue weighted by Crippen LogP contribution is 2.60. The summed E-state index contributed by atoms with van der Waals surface area (Å²) in [6, 6.07) is 7.57. The molecule has 1 aromatic heterocycles. The number of amides is 2. The number of carbonyl (C=O) groups is 2. The highest BCUT2D eigenvalue weighted by atomic mass is 16.2. The number of piperazine rings is 1. The third-order valence-electron chi connectivity index (χ3n) is 6.80.